The molecule has 1 atom stereocenters. The average molecular weight is 643 g/mol. The number of anilines is 1. The van der Waals surface area contributed by atoms with Gasteiger partial charge in [-0.15, -0.1) is 21.9 Å². The highest BCUT2D eigenvalue weighted by Gasteiger charge is 2.32. The van der Waals surface area contributed by atoms with Crippen molar-refractivity contribution in [2.24, 2.45) is 0 Å². The Labute approximate surface area is 265 Å². The summed E-state index contributed by atoms with van der Waals surface area (Å²) in [4.78, 5) is 44.7. The summed E-state index contributed by atoms with van der Waals surface area (Å²) in [7, 11) is -3.46. The molecule has 1 saturated heterocycles. The van der Waals surface area contributed by atoms with Gasteiger partial charge >= 0.3 is 5.97 Å². The van der Waals surface area contributed by atoms with E-state index in [-0.39, 0.29) is 39.1 Å². The summed E-state index contributed by atoms with van der Waals surface area (Å²) in [6, 6.07) is 18.1. The van der Waals surface area contributed by atoms with Gasteiger partial charge in [0, 0.05) is 40.7 Å². The van der Waals surface area contributed by atoms with Crippen LogP contribution in [0.2, 0.25) is 0 Å². The van der Waals surface area contributed by atoms with Crippen LogP contribution >= 0.6 is 21.9 Å². The van der Waals surface area contributed by atoms with Gasteiger partial charge in [-0.25, -0.2) is 4.98 Å². The topological polar surface area (TPSA) is 152 Å². The van der Waals surface area contributed by atoms with Gasteiger partial charge in [-0.05, 0) is 61.9 Å². The van der Waals surface area contributed by atoms with Gasteiger partial charge in [-0.1, -0.05) is 36.1 Å². The van der Waals surface area contributed by atoms with Crippen molar-refractivity contribution < 1.29 is 28.6 Å². The molecule has 2 aliphatic rings. The second-order valence-corrected chi connectivity index (χ2v) is 13.8. The van der Waals surface area contributed by atoms with E-state index in [2.05, 4.69) is 27.5 Å². The van der Waals surface area contributed by atoms with Crippen LogP contribution in [-0.2, 0) is 11.3 Å². The second kappa shape index (κ2) is 12.8. The maximum Gasteiger partial charge on any atom is 0.320 e. The minimum atomic E-state index is -3.46. The molecule has 2 amide bonds. The highest BCUT2D eigenvalue weighted by atomic mass is 32.3. The minimum absolute atomic E-state index is 0.146. The Bertz CT molecular complexity index is 1840. The number of carbonyl (C=O) groups excluding carboxylic acids is 2. The zero-order valence-electron chi connectivity index (χ0n) is 24.0. The summed E-state index contributed by atoms with van der Waals surface area (Å²) in [5, 5.41) is 15.7. The number of aliphatic carboxylic acids is 1. The van der Waals surface area contributed by atoms with Crippen molar-refractivity contribution in [3.05, 3.63) is 94.5 Å². The molecule has 230 valence electrons. The largest absolute Gasteiger partial charge is 0.480 e. The first kappa shape index (κ1) is 30.5. The van der Waals surface area contributed by atoms with Crippen molar-refractivity contribution in [2.45, 2.75) is 41.6 Å². The Balaban J connectivity index is 1.05. The summed E-state index contributed by atoms with van der Waals surface area (Å²) in [5.41, 5.74) is 2.40. The van der Waals surface area contributed by atoms with Crippen molar-refractivity contribution in [1.82, 2.24) is 15.2 Å². The molecule has 3 aromatic carbocycles. The lowest BCUT2D eigenvalue weighted by Crippen LogP contribution is -2.36. The molecular weight excluding hydrogens is 613 g/mol. The number of carbonyl (C=O) groups is 3. The quantitative estimate of drug-likeness (QED) is 0.160. The van der Waals surface area contributed by atoms with E-state index < -0.39 is 28.5 Å². The van der Waals surface area contributed by atoms with Crippen LogP contribution in [0.1, 0.15) is 50.4 Å². The maximum atomic E-state index is 13.0. The van der Waals surface area contributed by atoms with Crippen molar-refractivity contribution in [3.63, 3.8) is 0 Å². The first-order valence-corrected chi connectivity index (χ1v) is 16.7. The number of hydrogen-bond acceptors (Lipinski definition) is 8. The van der Waals surface area contributed by atoms with Gasteiger partial charge in [0.2, 0.25) is 0 Å². The van der Waals surface area contributed by atoms with Crippen LogP contribution in [0.3, 0.4) is 0 Å². The fourth-order valence-corrected chi connectivity index (χ4v) is 7.96. The zero-order chi connectivity index (χ0) is 31.6. The van der Waals surface area contributed by atoms with Crippen LogP contribution in [0.15, 0.2) is 82.7 Å². The highest BCUT2D eigenvalue weighted by molar-refractivity contribution is 8.24. The van der Waals surface area contributed by atoms with Crippen molar-refractivity contribution >= 4 is 45.4 Å². The Morgan fingerprint density at radius 3 is 2.69 bits per heavy atom. The van der Waals surface area contributed by atoms with Crippen molar-refractivity contribution in [3.8, 4) is 22.4 Å². The number of likely N-dealkylation sites (tertiary alicyclic amines) is 1. The Morgan fingerprint density at radius 2 is 1.89 bits per heavy atom. The van der Waals surface area contributed by atoms with E-state index >= 15 is 0 Å². The van der Waals surface area contributed by atoms with Gasteiger partial charge in [0.25, 0.3) is 11.8 Å². The minimum Gasteiger partial charge on any atom is -0.480 e. The van der Waals surface area contributed by atoms with E-state index in [4.69, 9.17) is 0 Å². The molecule has 0 saturated carbocycles. The number of aromatic nitrogens is 1. The van der Waals surface area contributed by atoms with Gasteiger partial charge in [0.05, 0.1) is 27.6 Å². The third kappa shape index (κ3) is 6.49. The molecule has 12 heteroatoms. The second-order valence-electron chi connectivity index (χ2n) is 10.7. The first-order valence-electron chi connectivity index (χ1n) is 14.3. The molecule has 6 rings (SSSR count). The smallest absolute Gasteiger partial charge is 0.320 e. The number of fused-ring (bicyclic) bond motifs is 2. The van der Waals surface area contributed by atoms with Crippen LogP contribution < -0.4 is 10.6 Å². The number of hydrogen-bond donors (Lipinski definition) is 5. The van der Waals surface area contributed by atoms with E-state index in [0.717, 1.165) is 34.0 Å². The zero-order valence-corrected chi connectivity index (χ0v) is 25.7. The molecule has 0 radical (unpaired) electrons. The monoisotopic (exact) mass is 642 g/mol. The summed E-state index contributed by atoms with van der Waals surface area (Å²) in [6.45, 7) is 1.68. The van der Waals surface area contributed by atoms with Crippen LogP contribution in [0, 0.1) is 11.8 Å². The van der Waals surface area contributed by atoms with E-state index in [0.29, 0.717) is 19.4 Å². The molecule has 0 unspecified atom stereocenters. The molecule has 1 fully saturated rings. The van der Waals surface area contributed by atoms with Gasteiger partial charge < -0.3 is 15.7 Å². The van der Waals surface area contributed by atoms with E-state index in [1.807, 2.05) is 29.2 Å². The van der Waals surface area contributed by atoms with Gasteiger partial charge in [-0.3, -0.25) is 28.4 Å². The van der Waals surface area contributed by atoms with Crippen LogP contribution in [0.5, 0.6) is 0 Å². The summed E-state index contributed by atoms with van der Waals surface area (Å²) >= 11 is 1.45. The molecule has 3 heterocycles. The molecule has 10 nitrogen and oxygen atoms in total. The number of rotatable bonds is 7. The predicted octanol–water partition coefficient (Wildman–Crippen LogP) is 5.77. The lowest BCUT2D eigenvalue weighted by atomic mass is 10.1. The number of thiazole rings is 1. The molecule has 45 heavy (non-hydrogen) atoms. The Kier molecular flexibility index (Phi) is 8.71. The lowest BCUT2D eigenvalue weighted by Gasteiger charge is -2.33. The van der Waals surface area contributed by atoms with E-state index in [1.54, 1.807) is 18.3 Å². The van der Waals surface area contributed by atoms with Crippen molar-refractivity contribution in [2.75, 3.05) is 18.4 Å². The molecule has 0 aliphatic carbocycles. The van der Waals surface area contributed by atoms with Crippen LogP contribution in [0.4, 0.5) is 5.69 Å². The van der Waals surface area contributed by atoms with Gasteiger partial charge in [-0.2, -0.15) is 0 Å². The fourth-order valence-electron chi connectivity index (χ4n) is 5.45. The van der Waals surface area contributed by atoms with E-state index in [1.165, 1.54) is 41.7 Å². The molecule has 0 spiro atoms. The average Bonchev–Trinajstić information content (AvgIpc) is 3.71. The normalized spacial score (nSPS) is 17.6. The van der Waals surface area contributed by atoms with Crippen molar-refractivity contribution in [1.29, 1.82) is 0 Å². The molecule has 0 bridgehead atoms. The van der Waals surface area contributed by atoms with Crippen LogP contribution in [0.25, 0.3) is 10.6 Å². The number of amides is 2. The summed E-state index contributed by atoms with van der Waals surface area (Å²) < 4.78 is 22.0. The first-order chi connectivity index (χ1) is 21.7. The number of nitrogens with zero attached hydrogens (tertiary/aromatic N) is 2. The Hall–Kier alpha value is -4.51. The summed E-state index contributed by atoms with van der Waals surface area (Å²) in [6.07, 6.45) is 3.91. The molecule has 5 N–H and O–H groups in total. The third-order valence-electron chi connectivity index (χ3n) is 7.75. The van der Waals surface area contributed by atoms with Crippen LogP contribution in [-0.4, -0.2) is 61.0 Å². The fraction of sp³-hybridized carbons (Fsp3) is 0.212. The molecule has 1 aromatic heterocycles. The number of nitrogens with one attached hydrogen (secondary N) is 2. The lowest BCUT2D eigenvalue weighted by molar-refractivity contribution is -0.142. The Morgan fingerprint density at radius 1 is 1.09 bits per heavy atom. The molecule has 2 aliphatic heterocycles. The van der Waals surface area contributed by atoms with E-state index in [9.17, 15) is 28.6 Å². The standard InChI is InChI=1S/C33H30N4O6S2/c38-30(23-14-15-29-26(18-23)36-31(39)25-7-1-2-9-28(25)45(29,42)43)34-19-24-20-35-32(44-24)22-12-10-21(11-13-22)6-3-4-16-37-17-5-8-27(37)33(40)41/h1-2,7,9-15,18,20,27,42-43H,4-5,8,16-17,19H2,(H,34,38)(H,36,39)(H,40,41)/t27-/m0/s1. The predicted molar refractivity (Wildman–Crippen MR) is 173 cm³/mol. The molecule has 4 aromatic rings. The third-order valence-corrected chi connectivity index (χ3v) is 10.7. The molecular formula is C33H30N4O6S2. The maximum absolute atomic E-state index is 13.0. The highest BCUT2D eigenvalue weighted by Crippen LogP contribution is 2.60. The summed E-state index contributed by atoms with van der Waals surface area (Å²) in [5.74, 6) is 4.66. The van der Waals surface area contributed by atoms with Gasteiger partial charge in [0.15, 0.2) is 0 Å². The number of carboxylic acid groups (broad SMARTS) is 1. The van der Waals surface area contributed by atoms with Gasteiger partial charge in [0.1, 0.15) is 11.0 Å². The number of benzene rings is 3. The SMILES string of the molecule is O=C(NCc1cnc(-c2ccc(C#CCCN3CCC[C@H]3C(=O)O)cc2)s1)c1ccc2c(c1)NC(=O)c1ccccc1S2(O)O. The number of carboxylic acids is 1.